The van der Waals surface area contributed by atoms with Crippen molar-refractivity contribution < 1.29 is 14.3 Å². The molecule has 1 saturated heterocycles. The fourth-order valence-corrected chi connectivity index (χ4v) is 2.38. The van der Waals surface area contributed by atoms with Gasteiger partial charge in [0, 0.05) is 0 Å². The molecule has 18 heavy (non-hydrogen) atoms. The van der Waals surface area contributed by atoms with Gasteiger partial charge in [-0.3, -0.25) is 0 Å². The second kappa shape index (κ2) is 8.17. The first-order valence-electron chi connectivity index (χ1n) is 7.23. The molecule has 1 rings (SSSR count). The molecule has 0 bridgehead atoms. The number of hydrogen-bond acceptors (Lipinski definition) is 3. The van der Waals surface area contributed by atoms with E-state index in [1.165, 1.54) is 32.1 Å². The summed E-state index contributed by atoms with van der Waals surface area (Å²) in [5.41, 5.74) is 0. The van der Waals surface area contributed by atoms with Crippen LogP contribution in [0.1, 0.15) is 65.7 Å². The molecule has 3 nitrogen and oxygen atoms in total. The lowest BCUT2D eigenvalue weighted by molar-refractivity contribution is -0.0254. The summed E-state index contributed by atoms with van der Waals surface area (Å²) in [6.45, 7) is 6.18. The minimum Gasteiger partial charge on any atom is -0.430 e. The number of carbonyl (C=O) groups is 1. The quantitative estimate of drug-likeness (QED) is 0.483. The van der Waals surface area contributed by atoms with Crippen LogP contribution in [-0.4, -0.2) is 12.3 Å². The van der Waals surface area contributed by atoms with Crippen molar-refractivity contribution in [2.45, 2.75) is 71.8 Å². The Morgan fingerprint density at radius 2 is 1.83 bits per heavy atom. The van der Waals surface area contributed by atoms with E-state index in [0.717, 1.165) is 18.6 Å². The molecule has 2 atom stereocenters. The lowest BCUT2D eigenvalue weighted by Gasteiger charge is -2.30. The molecule has 0 N–H and O–H groups in total. The van der Waals surface area contributed by atoms with Crippen LogP contribution in [0.5, 0.6) is 0 Å². The van der Waals surface area contributed by atoms with Gasteiger partial charge in [-0.05, 0) is 25.8 Å². The van der Waals surface area contributed by atoms with Gasteiger partial charge >= 0.3 is 6.16 Å². The highest BCUT2D eigenvalue weighted by molar-refractivity contribution is 5.63. The van der Waals surface area contributed by atoms with E-state index in [1.807, 2.05) is 13.0 Å². The van der Waals surface area contributed by atoms with Crippen molar-refractivity contribution in [1.82, 2.24) is 0 Å². The molecule has 0 unspecified atom stereocenters. The van der Waals surface area contributed by atoms with Gasteiger partial charge in [0.15, 0.2) is 0 Å². The highest BCUT2D eigenvalue weighted by Crippen LogP contribution is 2.28. The van der Waals surface area contributed by atoms with Gasteiger partial charge < -0.3 is 9.47 Å². The van der Waals surface area contributed by atoms with Crippen molar-refractivity contribution in [2.75, 3.05) is 0 Å². The lowest BCUT2D eigenvalue weighted by atomic mass is 9.95. The normalized spacial score (nSPS) is 25.9. The third kappa shape index (κ3) is 4.71. The maximum absolute atomic E-state index is 11.3. The number of rotatable bonds is 7. The number of allylic oxidation sites excluding steroid dienone is 1. The van der Waals surface area contributed by atoms with E-state index < -0.39 is 6.16 Å². The second-order valence-corrected chi connectivity index (χ2v) is 5.04. The molecule has 0 aromatic rings. The van der Waals surface area contributed by atoms with Gasteiger partial charge in [-0.2, -0.15) is 0 Å². The average molecular weight is 254 g/mol. The Morgan fingerprint density at radius 1 is 1.17 bits per heavy atom. The van der Waals surface area contributed by atoms with E-state index in [9.17, 15) is 4.79 Å². The van der Waals surface area contributed by atoms with E-state index in [1.54, 1.807) is 0 Å². The molecule has 1 aliphatic heterocycles. The highest BCUT2D eigenvalue weighted by atomic mass is 16.7. The Morgan fingerprint density at radius 3 is 2.50 bits per heavy atom. The van der Waals surface area contributed by atoms with E-state index >= 15 is 0 Å². The van der Waals surface area contributed by atoms with E-state index in [4.69, 9.17) is 9.47 Å². The van der Waals surface area contributed by atoms with Crippen LogP contribution in [-0.2, 0) is 9.47 Å². The zero-order valence-electron chi connectivity index (χ0n) is 11.9. The van der Waals surface area contributed by atoms with Crippen LogP contribution >= 0.6 is 0 Å². The van der Waals surface area contributed by atoms with Crippen LogP contribution in [0.25, 0.3) is 0 Å². The van der Waals surface area contributed by atoms with Crippen LogP contribution in [0.2, 0.25) is 0 Å². The molecule has 0 aliphatic carbocycles. The van der Waals surface area contributed by atoms with Gasteiger partial charge in [0.2, 0.25) is 0 Å². The number of hydrogen-bond donors (Lipinski definition) is 0. The Labute approximate surface area is 111 Å². The number of unbranched alkanes of at least 4 members (excludes halogenated alkanes) is 5. The smallest absolute Gasteiger partial charge is 0.430 e. The van der Waals surface area contributed by atoms with E-state index in [2.05, 4.69) is 13.8 Å². The van der Waals surface area contributed by atoms with Crippen LogP contribution < -0.4 is 0 Å². The van der Waals surface area contributed by atoms with Crippen LogP contribution in [0.3, 0.4) is 0 Å². The van der Waals surface area contributed by atoms with E-state index in [0.29, 0.717) is 0 Å². The molecule has 1 aliphatic rings. The van der Waals surface area contributed by atoms with Crippen molar-refractivity contribution >= 4 is 6.16 Å². The number of cyclic esters (lactones) is 2. The maximum atomic E-state index is 11.3. The molecule has 0 amide bonds. The molecule has 0 radical (unpaired) electrons. The standard InChI is InChI=1S/C15H26O3/c1-4-6-7-8-9-10-11-14-12(3)13(5-2)17-15(16)18-14/h5,12,14H,4,6-11H2,1-3H3/b13-5-/t12-,14+/m1/s1. The molecule has 0 saturated carbocycles. The number of ether oxygens (including phenoxy) is 2. The first-order chi connectivity index (χ1) is 8.69. The van der Waals surface area contributed by atoms with Crippen molar-refractivity contribution in [3.63, 3.8) is 0 Å². The molecule has 104 valence electrons. The molecule has 3 heteroatoms. The molecule has 0 aromatic carbocycles. The molecule has 0 aromatic heterocycles. The SMILES string of the molecule is C/C=C1\OC(=O)O[C@@H](CCCCCCCC)[C@@H]1C. The van der Waals surface area contributed by atoms with Crippen LogP contribution in [0, 0.1) is 5.92 Å². The molecule has 1 fully saturated rings. The summed E-state index contributed by atoms with van der Waals surface area (Å²) in [4.78, 5) is 11.3. The largest absolute Gasteiger partial charge is 0.513 e. The molecular formula is C15H26O3. The van der Waals surface area contributed by atoms with Crippen LogP contribution in [0.4, 0.5) is 4.79 Å². The zero-order valence-corrected chi connectivity index (χ0v) is 11.9. The number of carbonyl (C=O) groups excluding carboxylic acids is 1. The fraction of sp³-hybridized carbons (Fsp3) is 0.800. The minimum atomic E-state index is -0.544. The second-order valence-electron chi connectivity index (χ2n) is 5.04. The zero-order chi connectivity index (χ0) is 13.4. The highest BCUT2D eigenvalue weighted by Gasteiger charge is 2.32. The third-order valence-electron chi connectivity index (χ3n) is 3.58. The first-order valence-corrected chi connectivity index (χ1v) is 7.23. The molecular weight excluding hydrogens is 228 g/mol. The predicted octanol–water partition coefficient (Wildman–Crippen LogP) is 4.81. The van der Waals surface area contributed by atoms with Gasteiger partial charge in [0.1, 0.15) is 11.9 Å². The van der Waals surface area contributed by atoms with Gasteiger partial charge in [-0.25, -0.2) is 4.79 Å². The average Bonchev–Trinajstić information content (AvgIpc) is 2.37. The third-order valence-corrected chi connectivity index (χ3v) is 3.58. The molecule has 0 spiro atoms. The summed E-state index contributed by atoms with van der Waals surface area (Å²) >= 11 is 0. The Kier molecular flexibility index (Phi) is 6.84. The summed E-state index contributed by atoms with van der Waals surface area (Å²) in [5, 5.41) is 0. The molecule has 1 heterocycles. The summed E-state index contributed by atoms with van der Waals surface area (Å²) in [5.74, 6) is 0.936. The Balaban J connectivity index is 2.25. The summed E-state index contributed by atoms with van der Waals surface area (Å²) in [6.07, 6.45) is 9.82. The Hall–Kier alpha value is -0.990. The lowest BCUT2D eigenvalue weighted by Crippen LogP contribution is -2.33. The summed E-state index contributed by atoms with van der Waals surface area (Å²) < 4.78 is 10.3. The summed E-state index contributed by atoms with van der Waals surface area (Å²) in [6, 6.07) is 0. The minimum absolute atomic E-state index is 0.0105. The van der Waals surface area contributed by atoms with Crippen LogP contribution in [0.15, 0.2) is 11.8 Å². The van der Waals surface area contributed by atoms with Gasteiger partial charge in [0.05, 0.1) is 5.92 Å². The van der Waals surface area contributed by atoms with Crippen molar-refractivity contribution in [2.24, 2.45) is 5.92 Å². The Bertz CT molecular complexity index is 283. The summed E-state index contributed by atoms with van der Waals surface area (Å²) in [7, 11) is 0. The van der Waals surface area contributed by atoms with Gasteiger partial charge in [-0.1, -0.05) is 46.0 Å². The van der Waals surface area contributed by atoms with Crippen molar-refractivity contribution in [3.05, 3.63) is 11.8 Å². The first kappa shape index (κ1) is 15.1. The predicted molar refractivity (Wildman–Crippen MR) is 72.3 cm³/mol. The monoisotopic (exact) mass is 254 g/mol. The fourth-order valence-electron chi connectivity index (χ4n) is 2.38. The van der Waals surface area contributed by atoms with Crippen molar-refractivity contribution in [3.8, 4) is 0 Å². The van der Waals surface area contributed by atoms with Gasteiger partial charge in [-0.15, -0.1) is 0 Å². The van der Waals surface area contributed by atoms with Gasteiger partial charge in [0.25, 0.3) is 0 Å². The maximum Gasteiger partial charge on any atom is 0.513 e. The van der Waals surface area contributed by atoms with E-state index in [-0.39, 0.29) is 12.0 Å². The topological polar surface area (TPSA) is 35.5 Å². The van der Waals surface area contributed by atoms with Crippen molar-refractivity contribution in [1.29, 1.82) is 0 Å².